The molecule has 1 aliphatic rings. The van der Waals surface area contributed by atoms with Crippen molar-refractivity contribution in [3.8, 4) is 0 Å². The second-order valence-electron chi connectivity index (χ2n) is 3.28. The van der Waals surface area contributed by atoms with Gasteiger partial charge in [-0.05, 0) is 31.7 Å². The van der Waals surface area contributed by atoms with Crippen molar-refractivity contribution in [2.75, 3.05) is 0 Å². The second kappa shape index (κ2) is 2.90. The molecule has 0 bridgehead atoms. The molecular weight excluding hydrogens is 152 g/mol. The Morgan fingerprint density at radius 2 is 2.58 bits per heavy atom. The molecule has 0 amide bonds. The van der Waals surface area contributed by atoms with Crippen molar-refractivity contribution in [2.45, 2.75) is 38.8 Å². The Hall–Kier alpha value is -0.830. The van der Waals surface area contributed by atoms with Gasteiger partial charge in [-0.2, -0.15) is 5.10 Å². The van der Waals surface area contributed by atoms with Crippen LogP contribution in [0.1, 0.15) is 37.1 Å². The maximum absolute atomic E-state index is 9.70. The van der Waals surface area contributed by atoms with Crippen molar-refractivity contribution in [1.82, 2.24) is 9.78 Å². The van der Waals surface area contributed by atoms with Gasteiger partial charge >= 0.3 is 0 Å². The summed E-state index contributed by atoms with van der Waals surface area (Å²) in [6.07, 6.45) is 4.66. The summed E-state index contributed by atoms with van der Waals surface area (Å²) in [7, 11) is 0. The first kappa shape index (κ1) is 7.80. The quantitative estimate of drug-likeness (QED) is 0.682. The molecule has 3 heteroatoms. The number of aliphatic hydroxyl groups excluding tert-OH is 1. The highest BCUT2D eigenvalue weighted by atomic mass is 16.3. The van der Waals surface area contributed by atoms with Gasteiger partial charge < -0.3 is 5.11 Å². The van der Waals surface area contributed by atoms with E-state index in [1.54, 1.807) is 0 Å². The fourth-order valence-corrected chi connectivity index (χ4v) is 1.89. The summed E-state index contributed by atoms with van der Waals surface area (Å²) in [6.45, 7) is 2.90. The van der Waals surface area contributed by atoms with Crippen LogP contribution in [0.5, 0.6) is 0 Å². The van der Waals surface area contributed by atoms with Gasteiger partial charge in [0, 0.05) is 6.54 Å². The summed E-state index contributed by atoms with van der Waals surface area (Å²) in [5.74, 6) is 0. The molecule has 66 valence electrons. The minimum absolute atomic E-state index is 0.281. The lowest BCUT2D eigenvalue weighted by Gasteiger charge is -2.18. The van der Waals surface area contributed by atoms with Crippen LogP contribution < -0.4 is 0 Å². The SMILES string of the molecule is CCn1ncc2c1C(O)CCC2. The largest absolute Gasteiger partial charge is 0.387 e. The molecule has 12 heavy (non-hydrogen) atoms. The van der Waals surface area contributed by atoms with Gasteiger partial charge in [-0.3, -0.25) is 4.68 Å². The van der Waals surface area contributed by atoms with Crippen LogP contribution in [0.3, 0.4) is 0 Å². The third-order valence-corrected chi connectivity index (χ3v) is 2.50. The van der Waals surface area contributed by atoms with E-state index in [4.69, 9.17) is 0 Å². The Kier molecular flexibility index (Phi) is 1.89. The minimum atomic E-state index is -0.281. The molecule has 1 aliphatic carbocycles. The number of aliphatic hydroxyl groups is 1. The van der Waals surface area contributed by atoms with Crippen molar-refractivity contribution < 1.29 is 5.11 Å². The summed E-state index contributed by atoms with van der Waals surface area (Å²) in [5.41, 5.74) is 2.28. The fourth-order valence-electron chi connectivity index (χ4n) is 1.89. The van der Waals surface area contributed by atoms with E-state index < -0.39 is 0 Å². The van der Waals surface area contributed by atoms with Crippen molar-refractivity contribution in [3.05, 3.63) is 17.5 Å². The zero-order valence-corrected chi connectivity index (χ0v) is 7.32. The van der Waals surface area contributed by atoms with E-state index in [1.807, 2.05) is 10.9 Å². The predicted octanol–water partition coefficient (Wildman–Crippen LogP) is 1.27. The topological polar surface area (TPSA) is 38.0 Å². The molecule has 0 radical (unpaired) electrons. The molecule has 1 atom stereocenters. The smallest absolute Gasteiger partial charge is 0.0959 e. The number of hydrogen-bond acceptors (Lipinski definition) is 2. The van der Waals surface area contributed by atoms with Gasteiger partial charge in [-0.1, -0.05) is 0 Å². The molecule has 3 nitrogen and oxygen atoms in total. The van der Waals surface area contributed by atoms with E-state index in [0.29, 0.717) is 0 Å². The van der Waals surface area contributed by atoms with E-state index >= 15 is 0 Å². The standard InChI is InChI=1S/C9H14N2O/c1-2-11-9-7(6-10-11)4-3-5-8(9)12/h6,8,12H,2-5H2,1H3. The van der Waals surface area contributed by atoms with Gasteiger partial charge in [-0.25, -0.2) is 0 Å². The fraction of sp³-hybridized carbons (Fsp3) is 0.667. The summed E-state index contributed by atoms with van der Waals surface area (Å²) >= 11 is 0. The summed E-state index contributed by atoms with van der Waals surface area (Å²) in [5, 5.41) is 13.9. The number of aromatic nitrogens is 2. The van der Waals surface area contributed by atoms with Gasteiger partial charge in [0.1, 0.15) is 0 Å². The minimum Gasteiger partial charge on any atom is -0.387 e. The molecule has 1 N–H and O–H groups in total. The van der Waals surface area contributed by atoms with Crippen LogP contribution in [0.15, 0.2) is 6.20 Å². The van der Waals surface area contributed by atoms with Gasteiger partial charge in [0.15, 0.2) is 0 Å². The molecular formula is C9H14N2O. The zero-order chi connectivity index (χ0) is 8.55. The number of nitrogens with zero attached hydrogens (tertiary/aromatic N) is 2. The second-order valence-corrected chi connectivity index (χ2v) is 3.28. The normalized spacial score (nSPS) is 22.3. The van der Waals surface area contributed by atoms with E-state index in [2.05, 4.69) is 12.0 Å². The van der Waals surface area contributed by atoms with Gasteiger partial charge in [-0.15, -0.1) is 0 Å². The van der Waals surface area contributed by atoms with Crippen LogP contribution in [0, 0.1) is 0 Å². The zero-order valence-electron chi connectivity index (χ0n) is 7.32. The summed E-state index contributed by atoms with van der Waals surface area (Å²) < 4.78 is 1.90. The van der Waals surface area contributed by atoms with Crippen molar-refractivity contribution in [1.29, 1.82) is 0 Å². The van der Waals surface area contributed by atoms with E-state index in [0.717, 1.165) is 31.5 Å². The first-order valence-corrected chi connectivity index (χ1v) is 4.55. The molecule has 1 aromatic rings. The summed E-state index contributed by atoms with van der Waals surface area (Å²) in [6, 6.07) is 0. The molecule has 0 saturated heterocycles. The third kappa shape index (κ3) is 1.05. The number of rotatable bonds is 1. The van der Waals surface area contributed by atoms with Crippen LogP contribution >= 0.6 is 0 Å². The molecule has 0 aliphatic heterocycles. The lowest BCUT2D eigenvalue weighted by Crippen LogP contribution is -2.13. The average Bonchev–Trinajstić information content (AvgIpc) is 2.49. The Bertz CT molecular complexity index is 267. The Morgan fingerprint density at radius 1 is 1.75 bits per heavy atom. The first-order chi connectivity index (χ1) is 5.83. The lowest BCUT2D eigenvalue weighted by molar-refractivity contribution is 0.146. The first-order valence-electron chi connectivity index (χ1n) is 4.55. The Morgan fingerprint density at radius 3 is 3.33 bits per heavy atom. The monoisotopic (exact) mass is 166 g/mol. The van der Waals surface area contributed by atoms with E-state index in [-0.39, 0.29) is 6.10 Å². The Labute approximate surface area is 72.0 Å². The van der Waals surface area contributed by atoms with E-state index in [9.17, 15) is 5.11 Å². The molecule has 0 aromatic carbocycles. The van der Waals surface area contributed by atoms with Gasteiger partial charge in [0.2, 0.25) is 0 Å². The summed E-state index contributed by atoms with van der Waals surface area (Å²) in [4.78, 5) is 0. The number of fused-ring (bicyclic) bond motifs is 1. The highest BCUT2D eigenvalue weighted by Crippen LogP contribution is 2.28. The van der Waals surface area contributed by atoms with Crippen LogP contribution in [-0.2, 0) is 13.0 Å². The van der Waals surface area contributed by atoms with E-state index in [1.165, 1.54) is 5.56 Å². The lowest BCUT2D eigenvalue weighted by atomic mass is 9.96. The van der Waals surface area contributed by atoms with Crippen molar-refractivity contribution in [2.24, 2.45) is 0 Å². The highest BCUT2D eigenvalue weighted by molar-refractivity contribution is 5.22. The molecule has 1 heterocycles. The molecule has 0 saturated carbocycles. The molecule has 2 rings (SSSR count). The van der Waals surface area contributed by atoms with Crippen LogP contribution in [0.4, 0.5) is 0 Å². The maximum atomic E-state index is 9.70. The van der Waals surface area contributed by atoms with Gasteiger partial charge in [0.05, 0.1) is 18.0 Å². The van der Waals surface area contributed by atoms with Crippen LogP contribution in [0.2, 0.25) is 0 Å². The number of hydrogen-bond donors (Lipinski definition) is 1. The van der Waals surface area contributed by atoms with Crippen molar-refractivity contribution >= 4 is 0 Å². The third-order valence-electron chi connectivity index (χ3n) is 2.50. The molecule has 1 unspecified atom stereocenters. The highest BCUT2D eigenvalue weighted by Gasteiger charge is 2.21. The predicted molar refractivity (Wildman–Crippen MR) is 45.8 cm³/mol. The molecule has 1 aromatic heterocycles. The molecule has 0 fully saturated rings. The molecule has 0 spiro atoms. The van der Waals surface area contributed by atoms with Gasteiger partial charge in [0.25, 0.3) is 0 Å². The Balaban J connectivity index is 2.43. The van der Waals surface area contributed by atoms with Crippen molar-refractivity contribution in [3.63, 3.8) is 0 Å². The van der Waals surface area contributed by atoms with Crippen LogP contribution in [0.25, 0.3) is 0 Å². The average molecular weight is 166 g/mol. The number of aryl methyl sites for hydroxylation is 2. The maximum Gasteiger partial charge on any atom is 0.0959 e. The van der Waals surface area contributed by atoms with Crippen LogP contribution in [-0.4, -0.2) is 14.9 Å².